The molecule has 0 spiro atoms. The molecule has 1 atom stereocenters. The second-order valence-corrected chi connectivity index (χ2v) is 6.88. The van der Waals surface area contributed by atoms with Crippen molar-refractivity contribution >= 4 is 17.7 Å². The first-order chi connectivity index (χ1) is 13.3. The van der Waals surface area contributed by atoms with Crippen LogP contribution in [0.2, 0.25) is 0 Å². The number of rotatable bonds is 9. The highest BCUT2D eigenvalue weighted by atomic mass is 16.5. The molecule has 0 fully saturated rings. The van der Waals surface area contributed by atoms with Crippen molar-refractivity contribution in [2.45, 2.75) is 58.9 Å². The molecule has 2 rings (SSSR count). The van der Waals surface area contributed by atoms with Crippen LogP contribution in [0.4, 0.5) is 11.8 Å². The van der Waals surface area contributed by atoms with E-state index in [1.165, 1.54) is 6.07 Å². The molecular weight excluding hydrogens is 360 g/mol. The fourth-order valence-corrected chi connectivity index (χ4v) is 3.24. The molecule has 0 radical (unpaired) electrons. The molecule has 1 aromatic carbocycles. The molecule has 1 unspecified atom stereocenters. The molecular formula is C20H28N4O4. The van der Waals surface area contributed by atoms with Gasteiger partial charge in [0.1, 0.15) is 5.75 Å². The Labute approximate surface area is 164 Å². The highest BCUT2D eigenvalue weighted by Gasteiger charge is 2.22. The molecule has 0 saturated carbocycles. The summed E-state index contributed by atoms with van der Waals surface area (Å²) in [6.07, 6.45) is 2.56. The minimum Gasteiger partial charge on any atom is -0.508 e. The zero-order valence-electron chi connectivity index (χ0n) is 16.5. The predicted octanol–water partition coefficient (Wildman–Crippen LogP) is 3.07. The predicted molar refractivity (Wildman–Crippen MR) is 107 cm³/mol. The van der Waals surface area contributed by atoms with Crippen LogP contribution in [0.1, 0.15) is 55.5 Å². The summed E-state index contributed by atoms with van der Waals surface area (Å²) < 4.78 is 0. The van der Waals surface area contributed by atoms with E-state index in [1.54, 1.807) is 19.1 Å². The Morgan fingerprint density at radius 2 is 2.00 bits per heavy atom. The first-order valence-electron chi connectivity index (χ1n) is 9.40. The summed E-state index contributed by atoms with van der Waals surface area (Å²) in [6.45, 7) is 5.82. The number of carbonyl (C=O) groups is 1. The number of nitrogen functional groups attached to an aromatic ring is 1. The minimum atomic E-state index is -0.963. The van der Waals surface area contributed by atoms with Crippen LogP contribution in [0.5, 0.6) is 5.75 Å². The van der Waals surface area contributed by atoms with Crippen molar-refractivity contribution in [1.82, 2.24) is 9.97 Å². The van der Waals surface area contributed by atoms with Gasteiger partial charge in [0.2, 0.25) is 5.95 Å². The van der Waals surface area contributed by atoms with Crippen LogP contribution in [0, 0.1) is 6.92 Å². The van der Waals surface area contributed by atoms with E-state index in [9.17, 15) is 15.1 Å². The van der Waals surface area contributed by atoms with E-state index >= 15 is 0 Å². The van der Waals surface area contributed by atoms with Crippen molar-refractivity contribution in [1.29, 1.82) is 0 Å². The SMILES string of the molecule is CCCC(CC)N(O)c1nc(N)nc(C)c1Cc1ccc(CC(=O)O)cc1O. The van der Waals surface area contributed by atoms with E-state index < -0.39 is 5.97 Å². The largest absolute Gasteiger partial charge is 0.508 e. The lowest BCUT2D eigenvalue weighted by Crippen LogP contribution is -2.33. The molecule has 0 saturated heterocycles. The van der Waals surface area contributed by atoms with E-state index in [1.807, 2.05) is 13.8 Å². The Morgan fingerprint density at radius 1 is 1.29 bits per heavy atom. The zero-order chi connectivity index (χ0) is 20.8. The number of carboxylic acid groups (broad SMARTS) is 1. The number of aliphatic carboxylic acids is 1. The van der Waals surface area contributed by atoms with Gasteiger partial charge >= 0.3 is 5.97 Å². The van der Waals surface area contributed by atoms with Gasteiger partial charge < -0.3 is 15.9 Å². The molecule has 5 N–H and O–H groups in total. The molecule has 8 nitrogen and oxygen atoms in total. The van der Waals surface area contributed by atoms with Gasteiger partial charge in [-0.05, 0) is 37.0 Å². The lowest BCUT2D eigenvalue weighted by molar-refractivity contribution is -0.136. The van der Waals surface area contributed by atoms with Gasteiger partial charge in [-0.3, -0.25) is 10.0 Å². The molecule has 1 heterocycles. The van der Waals surface area contributed by atoms with Gasteiger partial charge in [-0.15, -0.1) is 0 Å². The van der Waals surface area contributed by atoms with Gasteiger partial charge in [0.05, 0.1) is 12.5 Å². The number of phenols is 1. The van der Waals surface area contributed by atoms with Crippen LogP contribution in [-0.4, -0.2) is 37.4 Å². The third-order valence-corrected chi connectivity index (χ3v) is 4.74. The van der Waals surface area contributed by atoms with Gasteiger partial charge in [-0.25, -0.2) is 10.0 Å². The van der Waals surface area contributed by atoms with Crippen molar-refractivity contribution in [2.75, 3.05) is 10.8 Å². The summed E-state index contributed by atoms with van der Waals surface area (Å²) in [5.41, 5.74) is 8.18. The highest BCUT2D eigenvalue weighted by Crippen LogP contribution is 2.30. The van der Waals surface area contributed by atoms with Crippen LogP contribution in [0.25, 0.3) is 0 Å². The maximum absolute atomic E-state index is 10.9. The number of aryl methyl sites for hydroxylation is 1. The van der Waals surface area contributed by atoms with Crippen molar-refractivity contribution in [3.63, 3.8) is 0 Å². The summed E-state index contributed by atoms with van der Waals surface area (Å²) in [6, 6.07) is 4.68. The van der Waals surface area contributed by atoms with Crippen LogP contribution < -0.4 is 10.8 Å². The Kier molecular flexibility index (Phi) is 7.17. The molecule has 28 heavy (non-hydrogen) atoms. The number of benzene rings is 1. The Hall–Kier alpha value is -2.87. The third kappa shape index (κ3) is 5.10. The quantitative estimate of drug-likeness (QED) is 0.482. The fraction of sp³-hybridized carbons (Fsp3) is 0.450. The molecule has 8 heteroatoms. The smallest absolute Gasteiger partial charge is 0.307 e. The molecule has 0 bridgehead atoms. The number of anilines is 2. The lowest BCUT2D eigenvalue weighted by atomic mass is 10.00. The van der Waals surface area contributed by atoms with Gasteiger partial charge in [-0.1, -0.05) is 32.4 Å². The number of aromatic nitrogens is 2. The van der Waals surface area contributed by atoms with E-state index in [0.717, 1.165) is 24.3 Å². The molecule has 0 aliphatic heterocycles. The van der Waals surface area contributed by atoms with Crippen LogP contribution in [0.15, 0.2) is 18.2 Å². The number of nitrogens with zero attached hydrogens (tertiary/aromatic N) is 3. The van der Waals surface area contributed by atoms with Crippen molar-refractivity contribution in [3.05, 3.63) is 40.6 Å². The van der Waals surface area contributed by atoms with E-state index in [4.69, 9.17) is 10.8 Å². The Balaban J connectivity index is 2.41. The standard InChI is InChI=1S/C20H28N4O4/c1-4-6-15(5-2)24(28)19-16(12(3)22-20(21)23-19)11-14-8-7-13(9-17(14)25)10-18(26)27/h7-9,15,25,28H,4-6,10-11H2,1-3H3,(H,26,27)(H2,21,22,23). The number of hydroxylamine groups is 1. The fourth-order valence-electron chi connectivity index (χ4n) is 3.24. The molecule has 0 aliphatic carbocycles. The third-order valence-electron chi connectivity index (χ3n) is 4.74. The van der Waals surface area contributed by atoms with Crippen LogP contribution in [-0.2, 0) is 17.6 Å². The van der Waals surface area contributed by atoms with Gasteiger partial charge in [0.15, 0.2) is 5.82 Å². The summed E-state index contributed by atoms with van der Waals surface area (Å²) in [5, 5.41) is 31.2. The normalized spacial score (nSPS) is 12.0. The Bertz CT molecular complexity index is 841. The zero-order valence-corrected chi connectivity index (χ0v) is 16.5. The maximum Gasteiger partial charge on any atom is 0.307 e. The average molecular weight is 388 g/mol. The molecule has 1 aromatic heterocycles. The number of phenolic OH excluding ortho intramolecular Hbond substituents is 1. The number of hydrogen-bond acceptors (Lipinski definition) is 7. The average Bonchev–Trinajstić information content (AvgIpc) is 2.62. The second kappa shape index (κ2) is 9.36. The van der Waals surface area contributed by atoms with Gasteiger partial charge in [0.25, 0.3) is 0 Å². The number of carboxylic acids is 1. The summed E-state index contributed by atoms with van der Waals surface area (Å²) in [5.74, 6) is -0.567. The molecule has 0 aliphatic rings. The topological polar surface area (TPSA) is 133 Å². The minimum absolute atomic E-state index is 0.00832. The van der Waals surface area contributed by atoms with Crippen molar-refractivity contribution < 1.29 is 20.2 Å². The Morgan fingerprint density at radius 3 is 2.57 bits per heavy atom. The van der Waals surface area contributed by atoms with E-state index in [0.29, 0.717) is 28.2 Å². The maximum atomic E-state index is 10.9. The van der Waals surface area contributed by atoms with Gasteiger partial charge in [0, 0.05) is 17.7 Å². The van der Waals surface area contributed by atoms with E-state index in [2.05, 4.69) is 9.97 Å². The first-order valence-corrected chi connectivity index (χ1v) is 9.40. The lowest BCUT2D eigenvalue weighted by Gasteiger charge is -2.28. The van der Waals surface area contributed by atoms with Crippen LogP contribution >= 0.6 is 0 Å². The van der Waals surface area contributed by atoms with Crippen LogP contribution in [0.3, 0.4) is 0 Å². The molecule has 2 aromatic rings. The summed E-state index contributed by atoms with van der Waals surface area (Å²) >= 11 is 0. The number of hydrogen-bond donors (Lipinski definition) is 4. The van der Waals surface area contributed by atoms with E-state index in [-0.39, 0.29) is 30.6 Å². The highest BCUT2D eigenvalue weighted by molar-refractivity contribution is 5.70. The first kappa shape index (κ1) is 21.4. The number of nitrogens with two attached hydrogens (primary N) is 1. The summed E-state index contributed by atoms with van der Waals surface area (Å²) in [7, 11) is 0. The molecule has 0 amide bonds. The second-order valence-electron chi connectivity index (χ2n) is 6.88. The summed E-state index contributed by atoms with van der Waals surface area (Å²) in [4.78, 5) is 19.3. The van der Waals surface area contributed by atoms with Crippen molar-refractivity contribution in [2.24, 2.45) is 0 Å². The van der Waals surface area contributed by atoms with Crippen molar-refractivity contribution in [3.8, 4) is 5.75 Å². The monoisotopic (exact) mass is 388 g/mol. The molecule has 152 valence electrons. The van der Waals surface area contributed by atoms with Gasteiger partial charge in [-0.2, -0.15) is 4.98 Å². The number of aromatic hydroxyl groups is 1.